The van der Waals surface area contributed by atoms with Crippen LogP contribution in [0.1, 0.15) is 44.0 Å². The van der Waals surface area contributed by atoms with Crippen molar-refractivity contribution in [3.63, 3.8) is 0 Å². The van der Waals surface area contributed by atoms with E-state index in [9.17, 15) is 0 Å². The molecule has 0 fully saturated rings. The Morgan fingerprint density at radius 1 is 1.15 bits per heavy atom. The molecule has 1 aromatic heterocycles. The van der Waals surface area contributed by atoms with Crippen LogP contribution in [0.5, 0.6) is 0 Å². The third-order valence-electron chi connectivity index (χ3n) is 3.29. The van der Waals surface area contributed by atoms with Gasteiger partial charge in [-0.2, -0.15) is 0 Å². The van der Waals surface area contributed by atoms with Gasteiger partial charge in [0, 0.05) is 32.3 Å². The van der Waals surface area contributed by atoms with E-state index in [4.69, 9.17) is 5.11 Å². The summed E-state index contributed by atoms with van der Waals surface area (Å²) in [4.78, 5) is 11.2. The molecule has 0 aliphatic carbocycles. The number of hydrogen-bond donors (Lipinski definition) is 2. The largest absolute Gasteiger partial charge is 0.396 e. The number of aliphatic hydroxyl groups is 1. The van der Waals surface area contributed by atoms with Gasteiger partial charge in [-0.05, 0) is 39.5 Å². The summed E-state index contributed by atoms with van der Waals surface area (Å²) in [6, 6.07) is 0. The molecule has 114 valence electrons. The Hall–Kier alpha value is -1.36. The maximum Gasteiger partial charge on any atom is 0.137 e. The minimum Gasteiger partial charge on any atom is -0.396 e. The van der Waals surface area contributed by atoms with Crippen molar-refractivity contribution in [1.29, 1.82) is 0 Å². The van der Waals surface area contributed by atoms with Crippen molar-refractivity contribution in [2.75, 3.05) is 37.0 Å². The second-order valence-corrected chi connectivity index (χ2v) is 5.20. The molecule has 1 aromatic rings. The van der Waals surface area contributed by atoms with Gasteiger partial charge < -0.3 is 15.3 Å². The third-order valence-corrected chi connectivity index (χ3v) is 3.29. The fraction of sp³-hybridized carbons (Fsp3) is 0.733. The van der Waals surface area contributed by atoms with Crippen LogP contribution < -0.4 is 10.2 Å². The Labute approximate surface area is 122 Å². The van der Waals surface area contributed by atoms with Gasteiger partial charge in [0.05, 0.1) is 0 Å². The Morgan fingerprint density at radius 3 is 2.55 bits per heavy atom. The number of nitrogens with one attached hydrogen (secondary N) is 1. The average molecular weight is 280 g/mol. The molecular weight excluding hydrogens is 252 g/mol. The second-order valence-electron chi connectivity index (χ2n) is 5.20. The lowest BCUT2D eigenvalue weighted by Crippen LogP contribution is -2.22. The van der Waals surface area contributed by atoms with E-state index in [2.05, 4.69) is 41.1 Å². The van der Waals surface area contributed by atoms with Crippen molar-refractivity contribution in [2.45, 2.75) is 46.5 Å². The van der Waals surface area contributed by atoms with E-state index in [1.54, 1.807) is 0 Å². The summed E-state index contributed by atoms with van der Waals surface area (Å²) >= 11 is 0. The van der Waals surface area contributed by atoms with E-state index < -0.39 is 0 Å². The normalized spacial score (nSPS) is 10.7. The molecule has 2 N–H and O–H groups in total. The topological polar surface area (TPSA) is 61.3 Å². The van der Waals surface area contributed by atoms with Gasteiger partial charge in [-0.25, -0.2) is 9.97 Å². The Morgan fingerprint density at radius 2 is 1.90 bits per heavy atom. The molecular formula is C15H28N4O. The van der Waals surface area contributed by atoms with Crippen LogP contribution in [0.2, 0.25) is 0 Å². The Balaban J connectivity index is 2.74. The van der Waals surface area contributed by atoms with E-state index in [1.807, 2.05) is 6.92 Å². The Bertz CT molecular complexity index is 409. The summed E-state index contributed by atoms with van der Waals surface area (Å²) < 4.78 is 0. The number of aliphatic hydroxyl groups excluding tert-OH is 1. The van der Waals surface area contributed by atoms with Crippen LogP contribution in [0.25, 0.3) is 0 Å². The van der Waals surface area contributed by atoms with Crippen LogP contribution in [-0.4, -0.2) is 41.8 Å². The molecule has 0 spiro atoms. The summed E-state index contributed by atoms with van der Waals surface area (Å²) in [5, 5.41) is 12.2. The summed E-state index contributed by atoms with van der Waals surface area (Å²) in [6.07, 6.45) is 4.07. The van der Waals surface area contributed by atoms with Crippen molar-refractivity contribution in [2.24, 2.45) is 0 Å². The highest BCUT2D eigenvalue weighted by molar-refractivity contribution is 5.58. The summed E-state index contributed by atoms with van der Waals surface area (Å²) in [5.41, 5.74) is 1.11. The smallest absolute Gasteiger partial charge is 0.137 e. The first-order valence-corrected chi connectivity index (χ1v) is 7.51. The molecule has 0 aliphatic heterocycles. The molecule has 0 radical (unpaired) electrons. The maximum atomic E-state index is 8.81. The van der Waals surface area contributed by atoms with Gasteiger partial charge in [-0.1, -0.05) is 6.92 Å². The van der Waals surface area contributed by atoms with Gasteiger partial charge in [-0.15, -0.1) is 0 Å². The maximum absolute atomic E-state index is 8.81. The predicted molar refractivity (Wildman–Crippen MR) is 84.5 cm³/mol. The minimum atomic E-state index is 0.278. The lowest BCUT2D eigenvalue weighted by molar-refractivity contribution is 0.283. The van der Waals surface area contributed by atoms with E-state index in [1.165, 1.54) is 0 Å². The van der Waals surface area contributed by atoms with E-state index >= 15 is 0 Å². The molecule has 0 bridgehead atoms. The second kappa shape index (κ2) is 8.74. The molecule has 1 rings (SSSR count). The number of anilines is 2. The zero-order chi connectivity index (χ0) is 15.0. The van der Waals surface area contributed by atoms with Crippen LogP contribution in [-0.2, 0) is 0 Å². The molecule has 20 heavy (non-hydrogen) atoms. The van der Waals surface area contributed by atoms with Crippen LogP contribution in [0.4, 0.5) is 11.6 Å². The fourth-order valence-corrected chi connectivity index (χ4v) is 2.14. The van der Waals surface area contributed by atoms with Gasteiger partial charge in [0.1, 0.15) is 17.5 Å². The minimum absolute atomic E-state index is 0.278. The molecule has 0 aromatic carbocycles. The summed E-state index contributed by atoms with van der Waals surface area (Å²) in [5.74, 6) is 2.74. The molecule has 0 saturated heterocycles. The number of hydrogen-bond acceptors (Lipinski definition) is 5. The van der Waals surface area contributed by atoms with Crippen LogP contribution in [0, 0.1) is 13.8 Å². The zero-order valence-corrected chi connectivity index (χ0v) is 13.2. The van der Waals surface area contributed by atoms with E-state index in [-0.39, 0.29) is 6.61 Å². The molecule has 5 nitrogen and oxygen atoms in total. The van der Waals surface area contributed by atoms with Crippen molar-refractivity contribution in [3.05, 3.63) is 11.4 Å². The molecule has 0 atom stereocenters. The quantitative estimate of drug-likeness (QED) is 0.681. The molecule has 1 heterocycles. The van der Waals surface area contributed by atoms with Gasteiger partial charge in [0.2, 0.25) is 0 Å². The summed E-state index contributed by atoms with van der Waals surface area (Å²) in [6.45, 7) is 8.29. The predicted octanol–water partition coefficient (Wildman–Crippen LogP) is 2.51. The molecule has 0 unspecified atom stereocenters. The van der Waals surface area contributed by atoms with Gasteiger partial charge in [0.25, 0.3) is 0 Å². The lowest BCUT2D eigenvalue weighted by Gasteiger charge is -2.22. The number of aryl methyl sites for hydroxylation is 1. The summed E-state index contributed by atoms with van der Waals surface area (Å²) in [7, 11) is 2.07. The molecule has 0 aliphatic rings. The van der Waals surface area contributed by atoms with E-state index in [0.717, 1.165) is 61.8 Å². The zero-order valence-electron chi connectivity index (χ0n) is 13.2. The number of aromatic nitrogens is 2. The van der Waals surface area contributed by atoms with Crippen molar-refractivity contribution >= 4 is 11.6 Å². The first kappa shape index (κ1) is 16.7. The van der Waals surface area contributed by atoms with Crippen LogP contribution in [0.15, 0.2) is 0 Å². The highest BCUT2D eigenvalue weighted by Gasteiger charge is 2.12. The number of rotatable bonds is 9. The van der Waals surface area contributed by atoms with Crippen molar-refractivity contribution in [3.8, 4) is 0 Å². The Kier molecular flexibility index (Phi) is 7.30. The highest BCUT2D eigenvalue weighted by atomic mass is 16.2. The SMILES string of the molecule is CCCNc1nc(C)nc(N(C)CCCCCO)c1C. The van der Waals surface area contributed by atoms with Crippen LogP contribution in [0.3, 0.4) is 0 Å². The highest BCUT2D eigenvalue weighted by Crippen LogP contribution is 2.23. The first-order chi connectivity index (χ1) is 9.60. The van der Waals surface area contributed by atoms with Crippen LogP contribution >= 0.6 is 0 Å². The average Bonchev–Trinajstić information content (AvgIpc) is 2.43. The van der Waals surface area contributed by atoms with Gasteiger partial charge in [0.15, 0.2) is 0 Å². The number of unbranched alkanes of at least 4 members (excludes halogenated alkanes) is 2. The lowest BCUT2D eigenvalue weighted by atomic mass is 10.2. The van der Waals surface area contributed by atoms with E-state index in [0.29, 0.717) is 0 Å². The van der Waals surface area contributed by atoms with Gasteiger partial charge >= 0.3 is 0 Å². The molecule has 0 saturated carbocycles. The standard InChI is InChI=1S/C15H28N4O/c1-5-9-16-14-12(2)15(18-13(3)17-14)19(4)10-7-6-8-11-20/h20H,5-11H2,1-4H3,(H,16,17,18). The molecule has 5 heteroatoms. The van der Waals surface area contributed by atoms with Crippen molar-refractivity contribution in [1.82, 2.24) is 9.97 Å². The number of nitrogens with zero attached hydrogens (tertiary/aromatic N) is 3. The monoisotopic (exact) mass is 280 g/mol. The van der Waals surface area contributed by atoms with Crippen molar-refractivity contribution < 1.29 is 5.11 Å². The van der Waals surface area contributed by atoms with Gasteiger partial charge in [-0.3, -0.25) is 0 Å². The fourth-order valence-electron chi connectivity index (χ4n) is 2.14. The third kappa shape index (κ3) is 4.96. The first-order valence-electron chi connectivity index (χ1n) is 7.51. The molecule has 0 amide bonds.